The highest BCUT2D eigenvalue weighted by molar-refractivity contribution is 7.91. The first-order valence-corrected chi connectivity index (χ1v) is 11.5. The van der Waals surface area contributed by atoms with Gasteiger partial charge in [0.15, 0.2) is 0 Å². The van der Waals surface area contributed by atoms with Crippen molar-refractivity contribution in [1.82, 2.24) is 9.88 Å². The second-order valence-electron chi connectivity index (χ2n) is 7.51. The van der Waals surface area contributed by atoms with E-state index in [2.05, 4.69) is 22.2 Å². The number of rotatable bonds is 6. The second kappa shape index (κ2) is 8.08. The zero-order valence-corrected chi connectivity index (χ0v) is 17.6. The average Bonchev–Trinajstić information content (AvgIpc) is 3.16. The summed E-state index contributed by atoms with van der Waals surface area (Å²) in [7, 11) is -1.54. The topological polar surface area (TPSA) is 74.4 Å². The molecule has 0 spiro atoms. The molecule has 0 saturated carbocycles. The van der Waals surface area contributed by atoms with Crippen LogP contribution in [-0.2, 0) is 9.84 Å². The Hall–Kier alpha value is -2.51. The number of likely N-dealkylation sites (tertiary alicyclic amines) is 1. The number of piperidine rings is 1. The van der Waals surface area contributed by atoms with Gasteiger partial charge in [-0.05, 0) is 64.2 Å². The van der Waals surface area contributed by atoms with Crippen LogP contribution in [0.4, 0.5) is 5.69 Å². The van der Waals surface area contributed by atoms with E-state index in [1.807, 2.05) is 31.2 Å². The molecule has 3 aromatic rings. The number of anilines is 1. The maximum atomic E-state index is 13.4. The highest BCUT2D eigenvalue weighted by Crippen LogP contribution is 2.34. The van der Waals surface area contributed by atoms with Crippen LogP contribution in [-0.4, -0.2) is 51.1 Å². The summed E-state index contributed by atoms with van der Waals surface area (Å²) in [6, 6.07) is 12.8. The lowest BCUT2D eigenvalue weighted by Crippen LogP contribution is -2.36. The molecule has 2 aromatic carbocycles. The minimum Gasteiger partial charge on any atom is -0.492 e. The van der Waals surface area contributed by atoms with Gasteiger partial charge in [-0.1, -0.05) is 18.2 Å². The van der Waals surface area contributed by atoms with Gasteiger partial charge in [0, 0.05) is 23.1 Å². The number of nitrogens with zero attached hydrogens (tertiary/aromatic N) is 1. The predicted octanol–water partition coefficient (Wildman–Crippen LogP) is 3.91. The maximum absolute atomic E-state index is 13.4. The first kappa shape index (κ1) is 19.8. The Bertz CT molecular complexity index is 1100. The Morgan fingerprint density at radius 1 is 1.17 bits per heavy atom. The Labute approximate surface area is 171 Å². The summed E-state index contributed by atoms with van der Waals surface area (Å²) in [5, 5.41) is 4.23. The van der Waals surface area contributed by atoms with Gasteiger partial charge in [-0.2, -0.15) is 0 Å². The zero-order valence-electron chi connectivity index (χ0n) is 16.8. The number of aromatic nitrogens is 1. The third-order valence-electron chi connectivity index (χ3n) is 5.48. The number of aromatic amines is 1. The van der Waals surface area contributed by atoms with E-state index in [-0.39, 0.29) is 4.90 Å². The van der Waals surface area contributed by atoms with Gasteiger partial charge in [-0.15, -0.1) is 0 Å². The number of H-pyrrole nitrogens is 1. The molecule has 0 amide bonds. The van der Waals surface area contributed by atoms with Gasteiger partial charge in [0.2, 0.25) is 9.84 Å². The molecule has 2 N–H and O–H groups in total. The number of sulfone groups is 1. The highest BCUT2D eigenvalue weighted by Gasteiger charge is 2.24. The molecule has 0 bridgehead atoms. The van der Waals surface area contributed by atoms with Crippen molar-refractivity contribution in [3.05, 3.63) is 48.7 Å². The van der Waals surface area contributed by atoms with Crippen LogP contribution in [0, 0.1) is 0 Å². The number of hydrogen-bond donors (Lipinski definition) is 2. The summed E-state index contributed by atoms with van der Waals surface area (Å²) in [6.45, 7) is 4.50. The lowest BCUT2D eigenvalue weighted by atomic mass is 10.1. The fourth-order valence-corrected chi connectivity index (χ4v) is 5.29. The van der Waals surface area contributed by atoms with Gasteiger partial charge in [-0.3, -0.25) is 0 Å². The van der Waals surface area contributed by atoms with Crippen molar-refractivity contribution in [2.75, 3.05) is 32.1 Å². The van der Waals surface area contributed by atoms with Crippen LogP contribution in [0.5, 0.6) is 5.75 Å². The van der Waals surface area contributed by atoms with Gasteiger partial charge >= 0.3 is 0 Å². The molecule has 0 aliphatic carbocycles. The quantitative estimate of drug-likeness (QED) is 0.641. The number of hydrogen-bond acceptors (Lipinski definition) is 5. The predicted molar refractivity (Wildman–Crippen MR) is 116 cm³/mol. The fourth-order valence-electron chi connectivity index (χ4n) is 3.84. The molecule has 1 aromatic heterocycles. The molecule has 1 saturated heterocycles. The van der Waals surface area contributed by atoms with Gasteiger partial charge in [-0.25, -0.2) is 8.42 Å². The van der Waals surface area contributed by atoms with Crippen LogP contribution in [0.3, 0.4) is 0 Å². The van der Waals surface area contributed by atoms with E-state index in [4.69, 9.17) is 4.74 Å². The molecule has 4 rings (SSSR count). The van der Waals surface area contributed by atoms with E-state index >= 15 is 0 Å². The number of benzene rings is 2. The number of fused-ring (bicyclic) bond motifs is 1. The van der Waals surface area contributed by atoms with Gasteiger partial charge in [0.1, 0.15) is 5.75 Å². The van der Waals surface area contributed by atoms with Crippen LogP contribution in [0.15, 0.2) is 58.5 Å². The van der Waals surface area contributed by atoms with Crippen molar-refractivity contribution in [2.45, 2.75) is 35.6 Å². The van der Waals surface area contributed by atoms with Crippen LogP contribution < -0.4 is 10.1 Å². The van der Waals surface area contributed by atoms with Crippen molar-refractivity contribution < 1.29 is 13.2 Å². The number of ether oxygens (including phenoxy) is 1. The first-order valence-electron chi connectivity index (χ1n) is 10.0. The van der Waals surface area contributed by atoms with Crippen molar-refractivity contribution >= 4 is 26.4 Å². The molecule has 154 valence electrons. The lowest BCUT2D eigenvalue weighted by Gasteiger charge is -2.30. The van der Waals surface area contributed by atoms with Crippen LogP contribution in [0.2, 0.25) is 0 Å². The van der Waals surface area contributed by atoms with Gasteiger partial charge < -0.3 is 19.9 Å². The molecule has 1 fully saturated rings. The van der Waals surface area contributed by atoms with E-state index in [9.17, 15) is 8.42 Å². The Balaban J connectivity index is 1.70. The lowest BCUT2D eigenvalue weighted by molar-refractivity contribution is 0.263. The smallest absolute Gasteiger partial charge is 0.208 e. The molecule has 6 nitrogen and oxygen atoms in total. The van der Waals surface area contributed by atoms with Crippen molar-refractivity contribution in [3.63, 3.8) is 0 Å². The van der Waals surface area contributed by atoms with Crippen molar-refractivity contribution in [2.24, 2.45) is 0 Å². The van der Waals surface area contributed by atoms with Crippen molar-refractivity contribution in [3.8, 4) is 5.75 Å². The molecule has 0 atom stereocenters. The molecule has 1 aliphatic heterocycles. The van der Waals surface area contributed by atoms with E-state index in [0.29, 0.717) is 28.7 Å². The summed E-state index contributed by atoms with van der Waals surface area (Å²) < 4.78 is 32.5. The minimum absolute atomic E-state index is 0.265. The van der Waals surface area contributed by atoms with E-state index in [1.165, 1.54) is 0 Å². The molecule has 2 heterocycles. The molecule has 0 radical (unpaired) electrons. The molecule has 0 unspecified atom stereocenters. The molecular formula is C22H27N3O3S. The van der Waals surface area contributed by atoms with E-state index in [0.717, 1.165) is 37.1 Å². The Kier molecular flexibility index (Phi) is 5.52. The first-order chi connectivity index (χ1) is 14.0. The molecule has 1 aliphatic rings. The SMILES string of the molecule is CCOc1ccc(S(=O)(=O)c2c[nH]c3ccccc23)cc1NC1CCN(C)CC1. The van der Waals surface area contributed by atoms with E-state index in [1.54, 1.807) is 24.4 Å². The highest BCUT2D eigenvalue weighted by atomic mass is 32.2. The summed E-state index contributed by atoms with van der Waals surface area (Å²) in [5.74, 6) is 0.685. The Morgan fingerprint density at radius 2 is 1.93 bits per heavy atom. The molecule has 29 heavy (non-hydrogen) atoms. The second-order valence-corrected chi connectivity index (χ2v) is 9.43. The third-order valence-corrected chi connectivity index (χ3v) is 7.27. The number of para-hydroxylation sites is 1. The zero-order chi connectivity index (χ0) is 20.4. The summed E-state index contributed by atoms with van der Waals surface area (Å²) in [6.07, 6.45) is 3.60. The largest absolute Gasteiger partial charge is 0.492 e. The van der Waals surface area contributed by atoms with Gasteiger partial charge in [0.05, 0.1) is 22.1 Å². The maximum Gasteiger partial charge on any atom is 0.208 e. The fraction of sp³-hybridized carbons (Fsp3) is 0.364. The molecular weight excluding hydrogens is 386 g/mol. The summed E-state index contributed by atoms with van der Waals surface area (Å²) in [5.41, 5.74) is 1.55. The average molecular weight is 414 g/mol. The summed E-state index contributed by atoms with van der Waals surface area (Å²) >= 11 is 0. The summed E-state index contributed by atoms with van der Waals surface area (Å²) in [4.78, 5) is 5.92. The van der Waals surface area contributed by atoms with E-state index < -0.39 is 9.84 Å². The van der Waals surface area contributed by atoms with Crippen LogP contribution in [0.1, 0.15) is 19.8 Å². The number of nitrogens with one attached hydrogen (secondary N) is 2. The normalized spacial score (nSPS) is 16.2. The van der Waals surface area contributed by atoms with Crippen molar-refractivity contribution in [1.29, 1.82) is 0 Å². The van der Waals surface area contributed by atoms with Gasteiger partial charge in [0.25, 0.3) is 0 Å². The van der Waals surface area contributed by atoms with Crippen LogP contribution >= 0.6 is 0 Å². The molecule has 7 heteroatoms. The minimum atomic E-state index is -3.66. The standard InChI is InChI=1S/C22H27N3O3S/c1-3-28-21-9-8-17(14-20(21)24-16-10-12-25(2)13-11-16)29(26,27)22-15-23-19-7-5-4-6-18(19)22/h4-9,14-16,23-24H,3,10-13H2,1-2H3. The monoisotopic (exact) mass is 413 g/mol. The third kappa shape index (κ3) is 3.97. The van der Waals surface area contributed by atoms with Crippen LogP contribution in [0.25, 0.3) is 10.9 Å². The Morgan fingerprint density at radius 3 is 2.69 bits per heavy atom.